The molecule has 6 fully saturated rings. The van der Waals surface area contributed by atoms with E-state index in [0.29, 0.717) is 25.3 Å². The molecule has 0 aliphatic heterocycles. The second kappa shape index (κ2) is 26.8. The quantitative estimate of drug-likeness (QED) is 0.185. The normalized spacial score (nSPS) is 26.0. The molecule has 6 rings (SSSR count). The molecule has 8 heteroatoms. The molecule has 6 aliphatic carbocycles. The number of halogens is 4. The van der Waals surface area contributed by atoms with E-state index < -0.39 is 0 Å². The van der Waals surface area contributed by atoms with Crippen LogP contribution in [0.3, 0.4) is 0 Å². The zero-order valence-corrected chi connectivity index (χ0v) is 34.8. The summed E-state index contributed by atoms with van der Waals surface area (Å²) in [4.78, 5) is 0. The molecule has 0 bridgehead atoms. The van der Waals surface area contributed by atoms with Crippen LogP contribution in [0.4, 0.5) is 0 Å². The summed E-state index contributed by atoms with van der Waals surface area (Å²) in [6, 6.07) is 0. The summed E-state index contributed by atoms with van der Waals surface area (Å²) >= 11 is 1.14. The van der Waals surface area contributed by atoms with Gasteiger partial charge in [-0.3, -0.25) is 0 Å². The molecule has 0 radical (unpaired) electrons. The van der Waals surface area contributed by atoms with E-state index >= 15 is 0 Å². The Morgan fingerprint density at radius 2 is 0.364 bits per heavy atom. The van der Waals surface area contributed by atoms with Gasteiger partial charge in [-0.2, -0.15) is 0 Å². The van der Waals surface area contributed by atoms with Crippen molar-refractivity contribution in [3.8, 4) is 0 Å². The van der Waals surface area contributed by atoms with Crippen LogP contribution in [0.25, 0.3) is 0 Å². The summed E-state index contributed by atoms with van der Waals surface area (Å²) in [6.07, 6.45) is 47.6. The van der Waals surface area contributed by atoms with Crippen LogP contribution in [-0.2, 0) is 25.3 Å². The first kappa shape index (κ1) is 41.4. The Kier molecular flexibility index (Phi) is 25.2. The van der Waals surface area contributed by atoms with Gasteiger partial charge in [0.05, 0.1) is 34.0 Å². The van der Waals surface area contributed by atoms with Gasteiger partial charge in [0.2, 0.25) is 0 Å². The standard InChI is InChI=1S/2C18H33P.4ClH.2Ni/c2*1-4-10-16(11-5-1)19(17-12-6-2-7-13-17)18-14-8-3-9-15-18;;;;;;/h2*16-18H,1-15H2;4*1H;;/q;;;;;;2*+2/p-2. The van der Waals surface area contributed by atoms with Gasteiger partial charge in [-0.25, -0.2) is 0 Å². The van der Waals surface area contributed by atoms with E-state index in [2.05, 4.69) is 0 Å². The Morgan fingerprint density at radius 1 is 0.250 bits per heavy atom. The Morgan fingerprint density at radius 3 is 0.477 bits per heavy atom. The number of hydrogen-bond donors (Lipinski definition) is 0. The van der Waals surface area contributed by atoms with E-state index in [1.54, 1.807) is 193 Å². The molecule has 0 amide bonds. The summed E-state index contributed by atoms with van der Waals surface area (Å²) in [5.41, 5.74) is 7.36. The van der Waals surface area contributed by atoms with Gasteiger partial charge in [0.1, 0.15) is 0 Å². The van der Waals surface area contributed by atoms with Crippen molar-refractivity contribution in [3.05, 3.63) is 0 Å². The molecule has 0 aromatic heterocycles. The molecule has 268 valence electrons. The van der Waals surface area contributed by atoms with Gasteiger partial charge >= 0.3 is 66.1 Å². The fourth-order valence-electron chi connectivity index (χ4n) is 10.6. The van der Waals surface area contributed by atoms with Gasteiger partial charge in [-0.15, -0.1) is 0 Å². The molecule has 0 aromatic carbocycles. The van der Waals surface area contributed by atoms with E-state index in [1.165, 1.54) is 34.0 Å². The molecular formula is C36H68Cl4Ni2P2+2. The van der Waals surface area contributed by atoms with Crippen LogP contribution in [0.2, 0.25) is 0 Å². The third-order valence-corrected chi connectivity index (χ3v) is 21.6. The summed E-state index contributed by atoms with van der Waals surface area (Å²) in [7, 11) is 18.7. The molecule has 6 aliphatic rings. The average Bonchev–Trinajstić information content (AvgIpc) is 3.09. The van der Waals surface area contributed by atoms with Crippen LogP contribution in [0.1, 0.15) is 193 Å². The molecule has 0 atom stereocenters. The minimum atomic E-state index is -0.0465. The Hall–Kier alpha value is 3.01. The zero-order valence-electron chi connectivity index (χ0n) is 27.8. The monoisotopic (exact) mass is 818 g/mol. The molecule has 0 nitrogen and oxygen atoms in total. The maximum absolute atomic E-state index is 4.70. The maximum atomic E-state index is 4.70. The predicted molar refractivity (Wildman–Crippen MR) is 201 cm³/mol. The van der Waals surface area contributed by atoms with Gasteiger partial charge in [-0.05, 0) is 154 Å². The van der Waals surface area contributed by atoms with Gasteiger partial charge in [0.15, 0.2) is 0 Å². The molecule has 0 N–H and O–H groups in total. The summed E-state index contributed by atoms with van der Waals surface area (Å²) in [5.74, 6) is 0. The van der Waals surface area contributed by atoms with Gasteiger partial charge in [0.25, 0.3) is 0 Å². The number of hydrogen-bond acceptors (Lipinski definition) is 0. The topological polar surface area (TPSA) is 0 Å². The van der Waals surface area contributed by atoms with Crippen molar-refractivity contribution >= 4 is 56.6 Å². The zero-order chi connectivity index (χ0) is 31.2. The van der Waals surface area contributed by atoms with Crippen molar-refractivity contribution in [2.75, 3.05) is 0 Å². The van der Waals surface area contributed by atoms with Crippen LogP contribution >= 0.6 is 56.6 Å². The average molecular weight is 822 g/mol. The molecule has 0 unspecified atom stereocenters. The minimum absolute atomic E-state index is 0.0465. The summed E-state index contributed by atoms with van der Waals surface area (Å²) in [6.45, 7) is 0. The third-order valence-electron chi connectivity index (χ3n) is 12.5. The van der Waals surface area contributed by atoms with Crippen LogP contribution in [0.5, 0.6) is 0 Å². The van der Waals surface area contributed by atoms with Crippen LogP contribution in [0.15, 0.2) is 0 Å². The molecule has 0 saturated heterocycles. The van der Waals surface area contributed by atoms with Crippen molar-refractivity contribution < 1.29 is 25.3 Å². The first-order chi connectivity index (χ1) is 21.7. The number of rotatable bonds is 6. The van der Waals surface area contributed by atoms with Crippen molar-refractivity contribution in [3.63, 3.8) is 0 Å². The van der Waals surface area contributed by atoms with E-state index in [9.17, 15) is 0 Å². The van der Waals surface area contributed by atoms with Crippen LogP contribution < -0.4 is 0 Å². The fraction of sp³-hybridized carbons (Fsp3) is 1.00. The van der Waals surface area contributed by atoms with Crippen molar-refractivity contribution in [1.29, 1.82) is 0 Å². The molecule has 0 heterocycles. The van der Waals surface area contributed by atoms with E-state index in [1.807, 2.05) is 0 Å². The van der Waals surface area contributed by atoms with Gasteiger partial charge in [0, 0.05) is 15.8 Å². The van der Waals surface area contributed by atoms with E-state index in [-0.39, 0.29) is 15.8 Å². The second-order valence-electron chi connectivity index (χ2n) is 15.1. The van der Waals surface area contributed by atoms with Crippen molar-refractivity contribution in [1.82, 2.24) is 0 Å². The fourth-order valence-corrected chi connectivity index (χ4v) is 21.1. The molecule has 44 heavy (non-hydrogen) atoms. The third kappa shape index (κ3) is 15.5. The first-order valence-electron chi connectivity index (χ1n) is 19.1. The van der Waals surface area contributed by atoms with E-state index in [0.717, 1.165) is 0 Å². The Labute approximate surface area is 306 Å². The first-order valence-corrected chi connectivity index (χ1v) is 28.0. The van der Waals surface area contributed by atoms with Gasteiger partial charge in [-0.1, -0.05) is 38.5 Å². The SMILES string of the molecule is C1CCC([PH+](C2CCCCC2)C2CCCCC2)CC1.C1CCC([PH+](C2CCCCC2)C2CCCCC2)CC1.[Cl][Ni][Cl].[Cl][Ni][Cl]. The predicted octanol–water partition coefficient (Wildman–Crippen LogP) is 15.2. The molecule has 6 saturated carbocycles. The Bertz CT molecular complexity index is 515. The summed E-state index contributed by atoms with van der Waals surface area (Å²) < 4.78 is 0. The van der Waals surface area contributed by atoms with Crippen LogP contribution in [0, 0.1) is 0 Å². The van der Waals surface area contributed by atoms with Gasteiger partial charge < -0.3 is 0 Å². The second-order valence-corrected chi connectivity index (χ2v) is 25.3. The molecular weight excluding hydrogens is 754 g/mol. The van der Waals surface area contributed by atoms with Crippen molar-refractivity contribution in [2.24, 2.45) is 0 Å². The Balaban J connectivity index is 0.000000204. The van der Waals surface area contributed by atoms with E-state index in [4.69, 9.17) is 40.8 Å². The van der Waals surface area contributed by atoms with Crippen LogP contribution in [-0.4, -0.2) is 34.0 Å². The van der Waals surface area contributed by atoms with Crippen molar-refractivity contribution in [2.45, 2.75) is 227 Å². The molecule has 0 spiro atoms. The summed E-state index contributed by atoms with van der Waals surface area (Å²) in [5, 5.41) is 0. The molecule has 0 aromatic rings.